The van der Waals surface area contributed by atoms with Gasteiger partial charge in [0.25, 0.3) is 10.0 Å². The lowest BCUT2D eigenvalue weighted by atomic mass is 10.2. The van der Waals surface area contributed by atoms with Crippen molar-refractivity contribution in [3.05, 3.63) is 89.8 Å². The van der Waals surface area contributed by atoms with Gasteiger partial charge in [-0.15, -0.1) is 0 Å². The van der Waals surface area contributed by atoms with Crippen LogP contribution in [-0.2, 0) is 16.6 Å². The van der Waals surface area contributed by atoms with Crippen molar-refractivity contribution >= 4 is 15.7 Å². The summed E-state index contributed by atoms with van der Waals surface area (Å²) in [5.41, 5.74) is 2.46. The highest BCUT2D eigenvalue weighted by atomic mass is 32.2. The number of hydrogen-bond donors (Lipinski definition) is 0. The smallest absolute Gasteiger partial charge is 0.264 e. The molecule has 0 unspecified atom stereocenters. The fraction of sp³-hybridized carbons (Fsp3) is 0.192. The van der Waals surface area contributed by atoms with E-state index in [0.717, 1.165) is 11.3 Å². The molecule has 0 bridgehead atoms. The topological polar surface area (TPSA) is 81.9 Å². The van der Waals surface area contributed by atoms with E-state index < -0.39 is 10.0 Å². The first kappa shape index (κ1) is 23.4. The molecule has 1 heterocycles. The van der Waals surface area contributed by atoms with E-state index in [0.29, 0.717) is 34.3 Å². The maximum atomic E-state index is 13.8. The fourth-order valence-electron chi connectivity index (χ4n) is 3.60. The van der Waals surface area contributed by atoms with Crippen LogP contribution in [0.2, 0.25) is 0 Å². The van der Waals surface area contributed by atoms with Crippen LogP contribution in [-0.4, -0.2) is 27.6 Å². The maximum absolute atomic E-state index is 13.8. The number of hydrogen-bond acceptors (Lipinski definition) is 6. The first-order valence-corrected chi connectivity index (χ1v) is 12.1. The SMILES string of the molecule is COc1ccc(-c2nc(CN(c3ccc(OC)cc3)S(=O)(=O)c3ccccc3C)c(C)o2)cc1. The van der Waals surface area contributed by atoms with Crippen LogP contribution in [0.4, 0.5) is 5.69 Å². The van der Waals surface area contributed by atoms with Crippen molar-refractivity contribution in [3.63, 3.8) is 0 Å². The number of aromatic nitrogens is 1. The van der Waals surface area contributed by atoms with E-state index in [1.165, 1.54) is 4.31 Å². The van der Waals surface area contributed by atoms with Crippen molar-refractivity contribution in [1.29, 1.82) is 0 Å². The Labute approximate surface area is 199 Å². The van der Waals surface area contributed by atoms with E-state index >= 15 is 0 Å². The average Bonchev–Trinajstić information content (AvgIpc) is 3.23. The van der Waals surface area contributed by atoms with Gasteiger partial charge < -0.3 is 13.9 Å². The van der Waals surface area contributed by atoms with Gasteiger partial charge in [0, 0.05) is 5.56 Å². The van der Waals surface area contributed by atoms with Crippen LogP contribution in [0.5, 0.6) is 11.5 Å². The highest BCUT2D eigenvalue weighted by Crippen LogP contribution is 2.31. The Hall–Kier alpha value is -3.78. The molecule has 3 aromatic carbocycles. The lowest BCUT2D eigenvalue weighted by Gasteiger charge is -2.25. The van der Waals surface area contributed by atoms with Gasteiger partial charge in [-0.1, -0.05) is 18.2 Å². The standard InChI is InChI=1S/C26H26N2O5S/c1-18-7-5-6-8-25(18)34(29,30)28(21-11-15-23(32-4)16-12-21)17-24-19(2)33-26(27-24)20-9-13-22(31-3)14-10-20/h5-16H,17H2,1-4H3. The lowest BCUT2D eigenvalue weighted by Crippen LogP contribution is -2.31. The molecular formula is C26H26N2O5S. The first-order valence-electron chi connectivity index (χ1n) is 10.7. The minimum absolute atomic E-state index is 0.00842. The highest BCUT2D eigenvalue weighted by Gasteiger charge is 2.28. The van der Waals surface area contributed by atoms with Gasteiger partial charge in [-0.3, -0.25) is 4.31 Å². The van der Waals surface area contributed by atoms with Gasteiger partial charge in [-0.25, -0.2) is 13.4 Å². The second-order valence-corrected chi connectivity index (χ2v) is 9.56. The molecule has 34 heavy (non-hydrogen) atoms. The third kappa shape index (κ3) is 4.63. The summed E-state index contributed by atoms with van der Waals surface area (Å²) in [4.78, 5) is 4.86. The molecule has 8 heteroatoms. The van der Waals surface area contributed by atoms with Crippen LogP contribution in [0, 0.1) is 13.8 Å². The molecule has 0 saturated heterocycles. The minimum atomic E-state index is -3.89. The molecule has 0 amide bonds. The summed E-state index contributed by atoms with van der Waals surface area (Å²) in [5, 5.41) is 0. The molecule has 0 aliphatic heterocycles. The Bertz CT molecular complexity index is 1380. The number of methoxy groups -OCH3 is 2. The average molecular weight is 479 g/mol. The Morgan fingerprint density at radius 2 is 1.44 bits per heavy atom. The molecule has 0 aliphatic carbocycles. The second-order valence-electron chi connectivity index (χ2n) is 7.73. The molecule has 1 aromatic heterocycles. The zero-order chi connectivity index (χ0) is 24.3. The number of ether oxygens (including phenoxy) is 2. The van der Waals surface area contributed by atoms with E-state index in [1.807, 2.05) is 30.3 Å². The lowest BCUT2D eigenvalue weighted by molar-refractivity contribution is 0.414. The van der Waals surface area contributed by atoms with Gasteiger partial charge in [0.05, 0.1) is 31.3 Å². The van der Waals surface area contributed by atoms with Gasteiger partial charge in [-0.05, 0) is 74.0 Å². The molecule has 0 aliphatic rings. The van der Waals surface area contributed by atoms with Crippen molar-refractivity contribution in [1.82, 2.24) is 4.98 Å². The number of nitrogens with zero attached hydrogens (tertiary/aromatic N) is 2. The molecule has 7 nitrogen and oxygen atoms in total. The van der Waals surface area contributed by atoms with Crippen molar-refractivity contribution in [2.45, 2.75) is 25.3 Å². The molecule has 176 valence electrons. The van der Waals surface area contributed by atoms with E-state index in [-0.39, 0.29) is 11.4 Å². The minimum Gasteiger partial charge on any atom is -0.497 e. The molecular weight excluding hydrogens is 452 g/mol. The third-order valence-electron chi connectivity index (χ3n) is 5.55. The van der Waals surface area contributed by atoms with Crippen molar-refractivity contribution in [2.75, 3.05) is 18.5 Å². The van der Waals surface area contributed by atoms with Gasteiger partial charge >= 0.3 is 0 Å². The molecule has 0 atom stereocenters. The zero-order valence-corrected chi connectivity index (χ0v) is 20.3. The van der Waals surface area contributed by atoms with Crippen molar-refractivity contribution < 1.29 is 22.3 Å². The fourth-order valence-corrected chi connectivity index (χ4v) is 5.25. The van der Waals surface area contributed by atoms with Gasteiger partial charge in [-0.2, -0.15) is 0 Å². The molecule has 0 fully saturated rings. The Morgan fingerprint density at radius 1 is 0.853 bits per heavy atom. The zero-order valence-electron chi connectivity index (χ0n) is 19.5. The third-order valence-corrected chi connectivity index (χ3v) is 7.48. The first-order chi connectivity index (χ1) is 16.3. The number of oxazole rings is 1. The largest absolute Gasteiger partial charge is 0.497 e. The van der Waals surface area contributed by atoms with E-state index in [9.17, 15) is 8.42 Å². The van der Waals surface area contributed by atoms with Crippen LogP contribution in [0.25, 0.3) is 11.5 Å². The summed E-state index contributed by atoms with van der Waals surface area (Å²) in [6.45, 7) is 3.57. The van der Waals surface area contributed by atoms with E-state index in [4.69, 9.17) is 13.9 Å². The van der Waals surface area contributed by atoms with Crippen molar-refractivity contribution in [2.24, 2.45) is 0 Å². The number of sulfonamides is 1. The summed E-state index contributed by atoms with van der Waals surface area (Å²) in [6, 6.07) is 21.2. The van der Waals surface area contributed by atoms with Crippen LogP contribution >= 0.6 is 0 Å². The summed E-state index contributed by atoms with van der Waals surface area (Å²) in [7, 11) is -0.721. The van der Waals surface area contributed by atoms with Crippen LogP contribution in [0.1, 0.15) is 17.0 Å². The predicted octanol–water partition coefficient (Wildman–Crippen LogP) is 5.37. The van der Waals surface area contributed by atoms with Gasteiger partial charge in [0.2, 0.25) is 5.89 Å². The highest BCUT2D eigenvalue weighted by molar-refractivity contribution is 7.92. The van der Waals surface area contributed by atoms with E-state index in [1.54, 1.807) is 70.5 Å². The summed E-state index contributed by atoms with van der Waals surface area (Å²) in [6.07, 6.45) is 0. The maximum Gasteiger partial charge on any atom is 0.264 e. The monoisotopic (exact) mass is 478 g/mol. The second kappa shape index (κ2) is 9.61. The van der Waals surface area contributed by atoms with Crippen LogP contribution in [0.15, 0.2) is 82.1 Å². The Morgan fingerprint density at radius 3 is 2.03 bits per heavy atom. The molecule has 4 rings (SSSR count). The molecule has 0 saturated carbocycles. The number of benzene rings is 3. The van der Waals surface area contributed by atoms with E-state index in [2.05, 4.69) is 4.98 Å². The molecule has 0 spiro atoms. The van der Waals surface area contributed by atoms with Gasteiger partial charge in [0.15, 0.2) is 0 Å². The predicted molar refractivity (Wildman–Crippen MR) is 131 cm³/mol. The molecule has 0 radical (unpaired) electrons. The van der Waals surface area contributed by atoms with Crippen LogP contribution in [0.3, 0.4) is 0 Å². The Balaban J connectivity index is 1.75. The van der Waals surface area contributed by atoms with Crippen molar-refractivity contribution in [3.8, 4) is 23.0 Å². The number of anilines is 1. The van der Waals surface area contributed by atoms with Gasteiger partial charge in [0.1, 0.15) is 23.0 Å². The normalized spacial score (nSPS) is 11.3. The summed E-state index contributed by atoms with van der Waals surface area (Å²) < 4.78 is 45.3. The summed E-state index contributed by atoms with van der Waals surface area (Å²) in [5.74, 6) is 2.32. The Kier molecular flexibility index (Phi) is 6.61. The number of aryl methyl sites for hydroxylation is 2. The summed E-state index contributed by atoms with van der Waals surface area (Å²) >= 11 is 0. The number of rotatable bonds is 8. The molecule has 4 aromatic rings. The quantitative estimate of drug-likeness (QED) is 0.339. The van der Waals surface area contributed by atoms with Crippen LogP contribution < -0.4 is 13.8 Å². The molecule has 0 N–H and O–H groups in total.